The van der Waals surface area contributed by atoms with Crippen molar-refractivity contribution in [3.63, 3.8) is 0 Å². The van der Waals surface area contributed by atoms with E-state index in [1.807, 2.05) is 25.1 Å². The number of anilines is 1. The third-order valence-corrected chi connectivity index (χ3v) is 3.12. The van der Waals surface area contributed by atoms with Gasteiger partial charge in [0.1, 0.15) is 5.75 Å². The zero-order valence-corrected chi connectivity index (χ0v) is 11.7. The normalized spacial score (nSPS) is 13.8. The van der Waals surface area contributed by atoms with E-state index in [4.69, 9.17) is 4.74 Å². The van der Waals surface area contributed by atoms with Crippen molar-refractivity contribution in [1.82, 2.24) is 5.32 Å². The largest absolute Gasteiger partial charge is 0.491 e. The molecule has 2 N–H and O–H groups in total. The molecule has 0 unspecified atom stereocenters. The van der Waals surface area contributed by atoms with Crippen LogP contribution in [0.5, 0.6) is 5.75 Å². The summed E-state index contributed by atoms with van der Waals surface area (Å²) in [4.78, 5) is 22.9. The maximum absolute atomic E-state index is 11.5. The Morgan fingerprint density at radius 3 is 3.10 bits per heavy atom. The topological polar surface area (TPSA) is 67.4 Å². The zero-order valence-electron chi connectivity index (χ0n) is 11.7. The van der Waals surface area contributed by atoms with Gasteiger partial charge in [-0.25, -0.2) is 0 Å². The molecule has 2 amide bonds. The van der Waals surface area contributed by atoms with E-state index in [2.05, 4.69) is 10.6 Å². The van der Waals surface area contributed by atoms with E-state index >= 15 is 0 Å². The molecule has 108 valence electrons. The summed E-state index contributed by atoms with van der Waals surface area (Å²) in [6, 6.07) is 5.73. The van der Waals surface area contributed by atoms with Crippen LogP contribution in [0, 0.1) is 0 Å². The maximum atomic E-state index is 11.5. The Kier molecular flexibility index (Phi) is 4.98. The number of amides is 2. The molecule has 0 saturated carbocycles. The average Bonchev–Trinajstić information content (AvgIpc) is 2.59. The molecule has 0 radical (unpaired) electrons. The van der Waals surface area contributed by atoms with E-state index in [1.165, 1.54) is 0 Å². The summed E-state index contributed by atoms with van der Waals surface area (Å²) in [6.45, 7) is 2.99. The van der Waals surface area contributed by atoms with Crippen LogP contribution in [0.3, 0.4) is 0 Å². The van der Waals surface area contributed by atoms with Gasteiger partial charge >= 0.3 is 0 Å². The Balaban J connectivity index is 1.93. The van der Waals surface area contributed by atoms with Crippen molar-refractivity contribution in [1.29, 1.82) is 0 Å². The number of ether oxygens (including phenoxy) is 1. The Bertz CT molecular complexity index is 500. The van der Waals surface area contributed by atoms with Crippen LogP contribution in [0.15, 0.2) is 18.2 Å². The van der Waals surface area contributed by atoms with Crippen LogP contribution in [-0.2, 0) is 16.0 Å². The number of hydrogen-bond donors (Lipinski definition) is 2. The molecule has 0 bridgehead atoms. The van der Waals surface area contributed by atoms with Crippen molar-refractivity contribution in [2.75, 3.05) is 18.5 Å². The molecule has 0 atom stereocenters. The molecule has 0 fully saturated rings. The molecule has 1 heterocycles. The molecule has 0 saturated heterocycles. The van der Waals surface area contributed by atoms with Gasteiger partial charge in [-0.05, 0) is 30.5 Å². The van der Waals surface area contributed by atoms with Gasteiger partial charge in [0.15, 0.2) is 0 Å². The first-order valence-electron chi connectivity index (χ1n) is 7.01. The second-order valence-electron chi connectivity index (χ2n) is 4.83. The standard InChI is InChI=1S/C15H20N2O3/c1-2-3-14(18)16-8-6-11-4-5-13-12(10-11)17-15(19)7-9-20-13/h4-5,10H,2-3,6-9H2,1H3,(H,16,18)(H,17,19). The van der Waals surface area contributed by atoms with Crippen molar-refractivity contribution in [2.45, 2.75) is 32.6 Å². The number of hydrogen-bond acceptors (Lipinski definition) is 3. The van der Waals surface area contributed by atoms with E-state index < -0.39 is 0 Å². The third kappa shape index (κ3) is 3.98. The highest BCUT2D eigenvalue weighted by molar-refractivity contribution is 5.93. The lowest BCUT2D eigenvalue weighted by Gasteiger charge is -2.10. The molecular weight excluding hydrogens is 256 g/mol. The van der Waals surface area contributed by atoms with Gasteiger partial charge in [0, 0.05) is 13.0 Å². The van der Waals surface area contributed by atoms with Crippen LogP contribution >= 0.6 is 0 Å². The predicted octanol–water partition coefficient (Wildman–Crippen LogP) is 1.87. The number of carbonyl (C=O) groups excluding carboxylic acids is 2. The molecule has 5 nitrogen and oxygen atoms in total. The van der Waals surface area contributed by atoms with Crippen LogP contribution < -0.4 is 15.4 Å². The minimum absolute atomic E-state index is 0.0304. The predicted molar refractivity (Wildman–Crippen MR) is 76.8 cm³/mol. The van der Waals surface area contributed by atoms with E-state index in [9.17, 15) is 9.59 Å². The highest BCUT2D eigenvalue weighted by atomic mass is 16.5. The Labute approximate surface area is 118 Å². The van der Waals surface area contributed by atoms with Gasteiger partial charge in [-0.2, -0.15) is 0 Å². The fourth-order valence-corrected chi connectivity index (χ4v) is 2.08. The summed E-state index contributed by atoms with van der Waals surface area (Å²) in [5.74, 6) is 0.755. The minimum atomic E-state index is -0.0304. The van der Waals surface area contributed by atoms with Crippen molar-refractivity contribution in [3.8, 4) is 5.75 Å². The SMILES string of the molecule is CCCC(=O)NCCc1ccc2c(c1)NC(=O)CCO2. The van der Waals surface area contributed by atoms with Crippen molar-refractivity contribution in [3.05, 3.63) is 23.8 Å². The Hall–Kier alpha value is -2.04. The summed E-state index contributed by atoms with van der Waals surface area (Å²) in [7, 11) is 0. The molecule has 20 heavy (non-hydrogen) atoms. The highest BCUT2D eigenvalue weighted by Gasteiger charge is 2.13. The quantitative estimate of drug-likeness (QED) is 0.862. The second-order valence-corrected chi connectivity index (χ2v) is 4.83. The molecule has 0 spiro atoms. The molecule has 1 aliphatic rings. The highest BCUT2D eigenvalue weighted by Crippen LogP contribution is 2.28. The number of rotatable bonds is 5. The average molecular weight is 276 g/mol. The first-order valence-corrected chi connectivity index (χ1v) is 7.01. The second kappa shape index (κ2) is 6.93. The molecule has 2 rings (SSSR count). The van der Waals surface area contributed by atoms with Gasteiger partial charge in [-0.3, -0.25) is 9.59 Å². The van der Waals surface area contributed by atoms with Crippen LogP contribution in [0.2, 0.25) is 0 Å². The first kappa shape index (κ1) is 14.4. The van der Waals surface area contributed by atoms with E-state index in [0.717, 1.165) is 18.4 Å². The summed E-state index contributed by atoms with van der Waals surface area (Å²) in [5, 5.41) is 5.71. The third-order valence-electron chi connectivity index (χ3n) is 3.12. The minimum Gasteiger partial charge on any atom is -0.491 e. The monoisotopic (exact) mass is 276 g/mol. The van der Waals surface area contributed by atoms with E-state index in [0.29, 0.717) is 37.4 Å². The molecule has 0 aliphatic carbocycles. The van der Waals surface area contributed by atoms with Crippen LogP contribution in [0.1, 0.15) is 31.7 Å². The van der Waals surface area contributed by atoms with Gasteiger partial charge < -0.3 is 15.4 Å². The van der Waals surface area contributed by atoms with Crippen molar-refractivity contribution < 1.29 is 14.3 Å². The van der Waals surface area contributed by atoms with Gasteiger partial charge in [0.2, 0.25) is 11.8 Å². The first-order chi connectivity index (χ1) is 9.69. The lowest BCUT2D eigenvalue weighted by molar-refractivity contribution is -0.121. The van der Waals surface area contributed by atoms with Crippen molar-refractivity contribution >= 4 is 17.5 Å². The summed E-state index contributed by atoms with van der Waals surface area (Å²) >= 11 is 0. The Morgan fingerprint density at radius 1 is 1.45 bits per heavy atom. The molecule has 1 aromatic rings. The lowest BCUT2D eigenvalue weighted by atomic mass is 10.1. The van der Waals surface area contributed by atoms with Crippen LogP contribution in [0.25, 0.3) is 0 Å². The molecule has 0 aromatic heterocycles. The fraction of sp³-hybridized carbons (Fsp3) is 0.467. The summed E-state index contributed by atoms with van der Waals surface area (Å²) < 4.78 is 5.50. The smallest absolute Gasteiger partial charge is 0.227 e. The van der Waals surface area contributed by atoms with E-state index in [-0.39, 0.29) is 11.8 Å². The van der Waals surface area contributed by atoms with Crippen LogP contribution in [-0.4, -0.2) is 25.0 Å². The number of nitrogens with one attached hydrogen (secondary N) is 2. The van der Waals surface area contributed by atoms with E-state index in [1.54, 1.807) is 0 Å². The summed E-state index contributed by atoms with van der Waals surface area (Å²) in [5.41, 5.74) is 1.77. The maximum Gasteiger partial charge on any atom is 0.227 e. The van der Waals surface area contributed by atoms with Gasteiger partial charge in [0.05, 0.1) is 18.7 Å². The lowest BCUT2D eigenvalue weighted by Crippen LogP contribution is -2.25. The molecule has 1 aliphatic heterocycles. The fourth-order valence-electron chi connectivity index (χ4n) is 2.08. The molecular formula is C15H20N2O3. The van der Waals surface area contributed by atoms with Crippen molar-refractivity contribution in [2.24, 2.45) is 0 Å². The Morgan fingerprint density at radius 2 is 2.30 bits per heavy atom. The molecule has 5 heteroatoms. The number of benzene rings is 1. The van der Waals surface area contributed by atoms with Gasteiger partial charge in [-0.1, -0.05) is 13.0 Å². The summed E-state index contributed by atoms with van der Waals surface area (Å²) in [6.07, 6.45) is 2.53. The molecule has 1 aromatic carbocycles. The van der Waals surface area contributed by atoms with Crippen LogP contribution in [0.4, 0.5) is 5.69 Å². The zero-order chi connectivity index (χ0) is 14.4. The van der Waals surface area contributed by atoms with Gasteiger partial charge in [0.25, 0.3) is 0 Å². The number of fused-ring (bicyclic) bond motifs is 1. The van der Waals surface area contributed by atoms with Gasteiger partial charge in [-0.15, -0.1) is 0 Å². The number of carbonyl (C=O) groups is 2.